The van der Waals surface area contributed by atoms with Gasteiger partial charge in [0.15, 0.2) is 0 Å². The van der Waals surface area contributed by atoms with E-state index in [1.165, 1.54) is 0 Å². The van der Waals surface area contributed by atoms with Gasteiger partial charge >= 0.3 is 21.7 Å². The molecule has 1 saturated heterocycles. The van der Waals surface area contributed by atoms with Crippen LogP contribution in [0.4, 0.5) is 0 Å². The van der Waals surface area contributed by atoms with Crippen molar-refractivity contribution in [1.82, 2.24) is 10.6 Å². The maximum absolute atomic E-state index is 4.27. The van der Waals surface area contributed by atoms with Gasteiger partial charge in [-0.05, 0) is 13.1 Å². The van der Waals surface area contributed by atoms with Gasteiger partial charge in [0.25, 0.3) is 0 Å². The second-order valence-electron chi connectivity index (χ2n) is 5.40. The number of benzene rings is 3. The molecule has 0 aliphatic carbocycles. The van der Waals surface area contributed by atoms with Crippen molar-refractivity contribution in [1.29, 1.82) is 0 Å². The van der Waals surface area contributed by atoms with Crippen molar-refractivity contribution in [2.75, 3.05) is 39.3 Å². The van der Waals surface area contributed by atoms with Crippen LogP contribution in [-0.4, -0.2) is 39.3 Å². The van der Waals surface area contributed by atoms with Crippen LogP contribution in [0.15, 0.2) is 91.0 Å². The van der Waals surface area contributed by atoms with Gasteiger partial charge in [0.05, 0.1) is 0 Å². The van der Waals surface area contributed by atoms with Crippen molar-refractivity contribution in [3.63, 3.8) is 0 Å². The van der Waals surface area contributed by atoms with E-state index in [1.807, 2.05) is 91.0 Å². The molecule has 1 aliphatic heterocycles. The van der Waals surface area contributed by atoms with Gasteiger partial charge in [-0.3, -0.25) is 0 Å². The van der Waals surface area contributed by atoms with Crippen LogP contribution in [0.2, 0.25) is 0 Å². The second-order valence-corrected chi connectivity index (χ2v) is 5.40. The molecule has 0 amide bonds. The minimum absolute atomic E-state index is 0. The fourth-order valence-electron chi connectivity index (χ4n) is 1.88. The van der Waals surface area contributed by atoms with Crippen molar-refractivity contribution in [3.8, 4) is 0 Å². The van der Waals surface area contributed by atoms with Gasteiger partial charge in [0.2, 0.25) is 0 Å². The summed E-state index contributed by atoms with van der Waals surface area (Å²) in [5.74, 6) is 0. The molecule has 0 saturated carbocycles. The van der Waals surface area contributed by atoms with E-state index in [0.29, 0.717) is 0 Å². The van der Waals surface area contributed by atoms with Crippen LogP contribution in [0, 0.1) is 18.2 Å². The Morgan fingerprint density at radius 3 is 1.00 bits per heavy atom. The number of nitrogens with one attached hydrogen (secondary N) is 2. The minimum atomic E-state index is 0. The number of hydrogen-bond acceptors (Lipinski definition) is 2. The summed E-state index contributed by atoms with van der Waals surface area (Å²) in [6.07, 6.45) is 0. The van der Waals surface area contributed by atoms with E-state index in [-0.39, 0.29) is 34.1 Å². The topological polar surface area (TPSA) is 38.2 Å². The Morgan fingerprint density at radius 2 is 0.793 bits per heavy atom. The first-order valence-electron chi connectivity index (χ1n) is 9.28. The molecule has 3 nitrogen and oxygen atoms in total. The quantitative estimate of drug-likeness (QED) is 0.398. The minimum Gasteiger partial charge on any atom is -0.660 e. The van der Waals surface area contributed by atoms with Gasteiger partial charge < -0.3 is 16.0 Å². The largest absolute Gasteiger partial charge is 4.00 e. The molecule has 1 aliphatic rings. The summed E-state index contributed by atoms with van der Waals surface area (Å²) < 4.78 is 0. The first-order chi connectivity index (χ1) is 13.5. The van der Waals surface area contributed by atoms with Crippen LogP contribution in [0.1, 0.15) is 0 Å². The first-order valence-corrected chi connectivity index (χ1v) is 9.28. The van der Waals surface area contributed by atoms with Crippen molar-refractivity contribution >= 4 is 12.4 Å². The molecule has 0 aromatic heterocycles. The first kappa shape index (κ1) is 29.7. The summed E-state index contributed by atoms with van der Waals surface area (Å²) in [4.78, 5) is 0. The summed E-state index contributed by atoms with van der Waals surface area (Å²) in [7, 11) is 0. The normalized spacial score (nSPS) is 12.4. The average molecular weight is 444 g/mol. The van der Waals surface area contributed by atoms with Crippen LogP contribution >= 0.6 is 12.4 Å². The maximum Gasteiger partial charge on any atom is 4.00 e. The van der Waals surface area contributed by atoms with E-state index in [2.05, 4.69) is 34.1 Å². The Morgan fingerprint density at radius 1 is 0.483 bits per heavy atom. The molecule has 2 N–H and O–H groups in total. The van der Waals surface area contributed by atoms with Crippen LogP contribution in [0.3, 0.4) is 0 Å². The van der Waals surface area contributed by atoms with Gasteiger partial charge in [0, 0.05) is 13.1 Å². The van der Waals surface area contributed by atoms with Crippen molar-refractivity contribution in [3.05, 3.63) is 115 Å². The molecule has 1 fully saturated rings. The zero-order valence-electron chi connectivity index (χ0n) is 16.8. The molecule has 4 rings (SSSR count). The van der Waals surface area contributed by atoms with Crippen molar-refractivity contribution in [2.24, 2.45) is 0 Å². The summed E-state index contributed by atoms with van der Waals surface area (Å²) in [5.41, 5.74) is 0. The van der Waals surface area contributed by atoms with E-state index in [9.17, 15) is 0 Å². The third-order valence-electron chi connectivity index (χ3n) is 3.19. The van der Waals surface area contributed by atoms with Crippen LogP contribution in [-0.2, 0) is 21.7 Å². The molecule has 5 heteroatoms. The fraction of sp³-hybridized carbons (Fsp3) is 0.250. The molecular formula is C24H30ClN3Ti. The van der Waals surface area contributed by atoms with E-state index < -0.39 is 0 Å². The Labute approximate surface area is 198 Å². The average Bonchev–Trinajstić information content (AvgIpc) is 2.95. The second kappa shape index (κ2) is 26.5. The van der Waals surface area contributed by atoms with Gasteiger partial charge in [-0.1, -0.05) is 0 Å². The van der Waals surface area contributed by atoms with Crippen LogP contribution in [0.5, 0.6) is 0 Å². The van der Waals surface area contributed by atoms with E-state index in [0.717, 1.165) is 39.3 Å². The number of hydrogen-bond donors (Lipinski definition) is 2. The molecule has 3 aromatic rings. The SMILES string of the molecule is C1CNCCNCC[N-]1.Cl.[Ti+4].[c-]1ccccc1.[c-]1ccccc1.[c-]1ccccc1. The van der Waals surface area contributed by atoms with Crippen molar-refractivity contribution < 1.29 is 21.7 Å². The molecule has 152 valence electrons. The number of nitrogens with zero attached hydrogens (tertiary/aromatic N) is 1. The zero-order valence-corrected chi connectivity index (χ0v) is 19.1. The Hall–Kier alpha value is -1.46. The molecule has 1 heterocycles. The molecule has 29 heavy (non-hydrogen) atoms. The van der Waals surface area contributed by atoms with Gasteiger partial charge in [-0.25, -0.2) is 0 Å². The standard InChI is InChI=1S/C6H14N3.3C6H5.ClH.Ti/c1-2-8-5-6-9-4-3-7-1;3*1-2-4-6-5-3-1;;/h7-8H,1-6H2;3*1-5H;1H;/q4*-1;;+4. The Bertz CT molecular complexity index is 417. The number of halogens is 1. The Kier molecular flexibility index (Phi) is 27.2. The summed E-state index contributed by atoms with van der Waals surface area (Å²) in [5, 5.41) is 10.8. The zero-order chi connectivity index (χ0) is 19.1. The summed E-state index contributed by atoms with van der Waals surface area (Å²) in [6, 6.07) is 37.5. The molecule has 0 spiro atoms. The maximum atomic E-state index is 4.27. The third kappa shape index (κ3) is 24.5. The summed E-state index contributed by atoms with van der Waals surface area (Å²) in [6.45, 7) is 6.19. The van der Waals surface area contributed by atoms with Gasteiger partial charge in [0.1, 0.15) is 0 Å². The predicted octanol–water partition coefficient (Wildman–Crippen LogP) is 4.43. The van der Waals surface area contributed by atoms with E-state index in [1.54, 1.807) is 0 Å². The summed E-state index contributed by atoms with van der Waals surface area (Å²) >= 11 is 0. The molecule has 0 unspecified atom stereocenters. The van der Waals surface area contributed by atoms with E-state index in [4.69, 9.17) is 0 Å². The fourth-order valence-corrected chi connectivity index (χ4v) is 1.88. The van der Waals surface area contributed by atoms with Gasteiger partial charge in [-0.2, -0.15) is 109 Å². The monoisotopic (exact) mass is 443 g/mol. The smallest absolute Gasteiger partial charge is 0.660 e. The molecular weight excluding hydrogens is 414 g/mol. The number of rotatable bonds is 0. The predicted molar refractivity (Wildman–Crippen MR) is 122 cm³/mol. The third-order valence-corrected chi connectivity index (χ3v) is 3.19. The van der Waals surface area contributed by atoms with Gasteiger partial charge in [-0.15, -0.1) is 25.5 Å². The van der Waals surface area contributed by atoms with E-state index >= 15 is 0 Å². The van der Waals surface area contributed by atoms with Crippen LogP contribution < -0.4 is 10.6 Å². The molecule has 0 atom stereocenters. The molecule has 0 radical (unpaired) electrons. The van der Waals surface area contributed by atoms with Crippen molar-refractivity contribution in [2.45, 2.75) is 0 Å². The molecule has 0 bridgehead atoms. The van der Waals surface area contributed by atoms with Crippen LogP contribution in [0.25, 0.3) is 5.32 Å². The Balaban J connectivity index is 0. The molecule has 3 aromatic carbocycles.